The summed E-state index contributed by atoms with van der Waals surface area (Å²) < 4.78 is 0. The number of hydrogen-bond acceptors (Lipinski definition) is 2. The molecule has 1 aliphatic carbocycles. The first kappa shape index (κ1) is 9.94. The molecule has 0 N–H and O–H groups in total. The molecule has 0 aromatic carbocycles. The van der Waals surface area contributed by atoms with Gasteiger partial charge in [-0.1, -0.05) is 6.92 Å². The normalized spacial score (nSPS) is 43.1. The standard InChI is InChI=1S/C11H20N2O/c1-8-3-6-11-10(7-8)5-4-9(2)13(11)12-14/h8-11H,3-7H2,1-2H3/t8-,9-,10+,11+/m1/s1. The zero-order chi connectivity index (χ0) is 10.1. The minimum atomic E-state index is 0.363. The Morgan fingerprint density at radius 1 is 1.14 bits per heavy atom. The number of nitrogens with zero attached hydrogens (tertiary/aromatic N) is 2. The Labute approximate surface area is 85.8 Å². The maximum atomic E-state index is 10.8. The molecule has 0 aromatic rings. The van der Waals surface area contributed by atoms with Crippen LogP contribution in [-0.2, 0) is 0 Å². The van der Waals surface area contributed by atoms with Gasteiger partial charge in [-0.25, -0.2) is 0 Å². The summed E-state index contributed by atoms with van der Waals surface area (Å²) in [5.74, 6) is 1.57. The fraction of sp³-hybridized carbons (Fsp3) is 1.00. The lowest BCUT2D eigenvalue weighted by Gasteiger charge is -2.45. The van der Waals surface area contributed by atoms with E-state index in [1.165, 1.54) is 25.7 Å². The van der Waals surface area contributed by atoms with Crippen molar-refractivity contribution in [3.05, 3.63) is 4.91 Å². The predicted molar refractivity (Wildman–Crippen MR) is 56.6 cm³/mol. The SMILES string of the molecule is C[C@@H]1CC[C@H]2[C@@H](CC[C@@H](C)N2N=O)C1. The van der Waals surface area contributed by atoms with Gasteiger partial charge in [0.15, 0.2) is 0 Å². The van der Waals surface area contributed by atoms with Gasteiger partial charge in [0.2, 0.25) is 0 Å². The van der Waals surface area contributed by atoms with Crippen molar-refractivity contribution in [3.8, 4) is 0 Å². The van der Waals surface area contributed by atoms with Crippen molar-refractivity contribution in [2.75, 3.05) is 0 Å². The summed E-state index contributed by atoms with van der Waals surface area (Å²) >= 11 is 0. The average molecular weight is 196 g/mol. The maximum Gasteiger partial charge on any atom is 0.0534 e. The molecule has 1 saturated heterocycles. The van der Waals surface area contributed by atoms with Gasteiger partial charge in [0.05, 0.1) is 11.3 Å². The molecule has 0 bridgehead atoms. The third-order valence-corrected chi connectivity index (χ3v) is 4.05. The topological polar surface area (TPSA) is 32.7 Å². The van der Waals surface area contributed by atoms with Crippen molar-refractivity contribution in [1.82, 2.24) is 5.01 Å². The van der Waals surface area contributed by atoms with Crippen LogP contribution < -0.4 is 0 Å². The van der Waals surface area contributed by atoms with E-state index in [1.54, 1.807) is 0 Å². The van der Waals surface area contributed by atoms with Gasteiger partial charge in [-0.05, 0) is 50.9 Å². The van der Waals surface area contributed by atoms with Gasteiger partial charge in [0.25, 0.3) is 0 Å². The zero-order valence-electron chi connectivity index (χ0n) is 9.15. The van der Waals surface area contributed by atoms with E-state index in [9.17, 15) is 4.91 Å². The van der Waals surface area contributed by atoms with E-state index in [1.807, 2.05) is 5.01 Å². The van der Waals surface area contributed by atoms with E-state index in [2.05, 4.69) is 19.1 Å². The Morgan fingerprint density at radius 2 is 1.93 bits per heavy atom. The van der Waals surface area contributed by atoms with Crippen LogP contribution in [0.15, 0.2) is 5.29 Å². The lowest BCUT2D eigenvalue weighted by Crippen LogP contribution is -2.48. The Morgan fingerprint density at radius 3 is 2.64 bits per heavy atom. The number of nitroso groups, excluding NO2 is 1. The van der Waals surface area contributed by atoms with Crippen molar-refractivity contribution < 1.29 is 0 Å². The number of fused-ring (bicyclic) bond motifs is 1. The second-order valence-electron chi connectivity index (χ2n) is 5.13. The van der Waals surface area contributed by atoms with Crippen LogP contribution in [-0.4, -0.2) is 17.1 Å². The lowest BCUT2D eigenvalue weighted by atomic mass is 9.73. The summed E-state index contributed by atoms with van der Waals surface area (Å²) in [6.07, 6.45) is 6.16. The Balaban J connectivity index is 2.08. The molecule has 0 aromatic heterocycles. The minimum Gasteiger partial charge on any atom is -0.255 e. The van der Waals surface area contributed by atoms with Crippen molar-refractivity contribution in [1.29, 1.82) is 0 Å². The molecule has 0 amide bonds. The third-order valence-electron chi connectivity index (χ3n) is 4.05. The van der Waals surface area contributed by atoms with E-state index >= 15 is 0 Å². The summed E-state index contributed by atoms with van der Waals surface area (Å²) in [6, 6.07) is 0.814. The molecule has 2 aliphatic rings. The molecule has 80 valence electrons. The molecule has 0 spiro atoms. The number of hydrogen-bond donors (Lipinski definition) is 0. The first-order valence-electron chi connectivity index (χ1n) is 5.84. The quantitative estimate of drug-likeness (QED) is 0.604. The highest BCUT2D eigenvalue weighted by Crippen LogP contribution is 2.39. The number of piperidine rings is 1. The maximum absolute atomic E-state index is 10.8. The van der Waals surface area contributed by atoms with Crippen LogP contribution in [0.25, 0.3) is 0 Å². The monoisotopic (exact) mass is 196 g/mol. The fourth-order valence-corrected chi connectivity index (χ4v) is 3.20. The van der Waals surface area contributed by atoms with Gasteiger partial charge in [0.1, 0.15) is 0 Å². The first-order valence-corrected chi connectivity index (χ1v) is 5.84. The summed E-state index contributed by atoms with van der Waals surface area (Å²) in [5.41, 5.74) is 0. The smallest absolute Gasteiger partial charge is 0.0534 e. The Bertz CT molecular complexity index is 219. The molecule has 2 fully saturated rings. The van der Waals surface area contributed by atoms with Crippen LogP contribution >= 0.6 is 0 Å². The van der Waals surface area contributed by atoms with Crippen molar-refractivity contribution in [3.63, 3.8) is 0 Å². The van der Waals surface area contributed by atoms with Gasteiger partial charge in [-0.2, -0.15) is 0 Å². The Kier molecular flexibility index (Phi) is 2.75. The molecule has 1 saturated carbocycles. The van der Waals surface area contributed by atoms with Crippen LogP contribution in [0.4, 0.5) is 0 Å². The molecule has 3 nitrogen and oxygen atoms in total. The van der Waals surface area contributed by atoms with Crippen molar-refractivity contribution in [2.24, 2.45) is 17.1 Å². The summed E-state index contributed by atoms with van der Waals surface area (Å²) in [6.45, 7) is 4.45. The highest BCUT2D eigenvalue weighted by molar-refractivity contribution is 4.90. The van der Waals surface area contributed by atoms with Gasteiger partial charge in [0, 0.05) is 6.04 Å². The molecule has 1 aliphatic heterocycles. The van der Waals surface area contributed by atoms with Crippen molar-refractivity contribution >= 4 is 0 Å². The van der Waals surface area contributed by atoms with E-state index < -0.39 is 0 Å². The lowest BCUT2D eigenvalue weighted by molar-refractivity contribution is 0.0103. The summed E-state index contributed by atoms with van der Waals surface area (Å²) in [4.78, 5) is 10.8. The molecule has 2 rings (SSSR count). The Hall–Kier alpha value is -0.600. The van der Waals surface area contributed by atoms with Crippen LogP contribution in [0.1, 0.15) is 46.0 Å². The average Bonchev–Trinajstić information content (AvgIpc) is 2.18. The zero-order valence-corrected chi connectivity index (χ0v) is 9.15. The van der Waals surface area contributed by atoms with Crippen LogP contribution in [0.5, 0.6) is 0 Å². The van der Waals surface area contributed by atoms with Crippen LogP contribution in [0.2, 0.25) is 0 Å². The molecule has 4 atom stereocenters. The second kappa shape index (κ2) is 3.87. The van der Waals surface area contributed by atoms with Crippen LogP contribution in [0, 0.1) is 16.7 Å². The van der Waals surface area contributed by atoms with E-state index in [0.717, 1.165) is 18.3 Å². The van der Waals surface area contributed by atoms with Crippen molar-refractivity contribution in [2.45, 2.75) is 58.0 Å². The molecule has 1 heterocycles. The number of rotatable bonds is 1. The second-order valence-corrected chi connectivity index (χ2v) is 5.13. The predicted octanol–water partition coefficient (Wildman–Crippen LogP) is 2.96. The van der Waals surface area contributed by atoms with Gasteiger partial charge in [-0.15, -0.1) is 4.91 Å². The molecular formula is C11H20N2O. The largest absolute Gasteiger partial charge is 0.255 e. The highest BCUT2D eigenvalue weighted by Gasteiger charge is 2.38. The first-order chi connectivity index (χ1) is 6.72. The molecule has 0 unspecified atom stereocenters. The van der Waals surface area contributed by atoms with E-state index in [4.69, 9.17) is 0 Å². The van der Waals surface area contributed by atoms with Gasteiger partial charge in [-0.3, -0.25) is 5.01 Å². The molecular weight excluding hydrogens is 176 g/mol. The third kappa shape index (κ3) is 1.64. The van der Waals surface area contributed by atoms with Gasteiger partial charge < -0.3 is 0 Å². The van der Waals surface area contributed by atoms with E-state index in [-0.39, 0.29) is 0 Å². The highest BCUT2D eigenvalue weighted by atomic mass is 16.3. The van der Waals surface area contributed by atoms with Crippen LogP contribution in [0.3, 0.4) is 0 Å². The fourth-order valence-electron chi connectivity index (χ4n) is 3.20. The van der Waals surface area contributed by atoms with E-state index in [0.29, 0.717) is 12.1 Å². The van der Waals surface area contributed by atoms with Gasteiger partial charge >= 0.3 is 0 Å². The molecule has 0 radical (unpaired) electrons. The summed E-state index contributed by atoms with van der Waals surface area (Å²) in [7, 11) is 0. The minimum absolute atomic E-state index is 0.363. The molecule has 3 heteroatoms. The summed E-state index contributed by atoms with van der Waals surface area (Å²) in [5, 5.41) is 5.05. The molecule has 14 heavy (non-hydrogen) atoms.